The lowest BCUT2D eigenvalue weighted by molar-refractivity contribution is -0.133. The number of amides is 1. The second kappa shape index (κ2) is 8.05. The number of methoxy groups -OCH3 is 1. The zero-order valence-electron chi connectivity index (χ0n) is 15.0. The van der Waals surface area contributed by atoms with Crippen molar-refractivity contribution in [2.24, 2.45) is 0 Å². The molecule has 2 atom stereocenters. The Morgan fingerprint density at radius 2 is 2.00 bits per heavy atom. The molecule has 1 aromatic rings. The minimum Gasteiger partial charge on any atom is -0.493 e. The van der Waals surface area contributed by atoms with Gasteiger partial charge in [-0.2, -0.15) is 8.42 Å². The molecule has 8 heteroatoms. The van der Waals surface area contributed by atoms with E-state index in [1.807, 2.05) is 25.1 Å². The molecule has 0 N–H and O–H groups in total. The van der Waals surface area contributed by atoms with E-state index in [0.29, 0.717) is 31.1 Å². The first-order chi connectivity index (χ1) is 11.8. The summed E-state index contributed by atoms with van der Waals surface area (Å²) in [5, 5.41) is 0. The molecular formula is C17H25NO6S. The molecule has 0 radical (unpaired) electrons. The van der Waals surface area contributed by atoms with Crippen LogP contribution in [-0.4, -0.2) is 51.5 Å². The van der Waals surface area contributed by atoms with E-state index in [4.69, 9.17) is 13.7 Å². The fourth-order valence-electron chi connectivity index (χ4n) is 2.92. The van der Waals surface area contributed by atoms with Crippen molar-refractivity contribution in [2.45, 2.75) is 39.3 Å². The summed E-state index contributed by atoms with van der Waals surface area (Å²) in [5.74, 6) is 0.885. The molecule has 0 aliphatic carbocycles. The van der Waals surface area contributed by atoms with Crippen LogP contribution in [0.4, 0.5) is 0 Å². The Labute approximate surface area is 149 Å². The van der Waals surface area contributed by atoms with Gasteiger partial charge in [-0.05, 0) is 31.5 Å². The van der Waals surface area contributed by atoms with Gasteiger partial charge in [-0.3, -0.25) is 4.79 Å². The first-order valence-corrected chi connectivity index (χ1v) is 9.87. The number of nitrogens with zero attached hydrogens (tertiary/aromatic N) is 1. The Kier molecular flexibility index (Phi) is 6.29. The minimum absolute atomic E-state index is 0.0360. The molecule has 1 amide bonds. The van der Waals surface area contributed by atoms with Gasteiger partial charge in [0.15, 0.2) is 17.7 Å². The monoisotopic (exact) mass is 371 g/mol. The molecule has 1 aliphatic rings. The number of ether oxygens (including phenoxy) is 2. The molecule has 7 nitrogen and oxygen atoms in total. The predicted molar refractivity (Wildman–Crippen MR) is 93.2 cm³/mol. The first-order valence-electron chi connectivity index (χ1n) is 8.30. The maximum Gasteiger partial charge on any atom is 0.269 e. The summed E-state index contributed by atoms with van der Waals surface area (Å²) < 4.78 is 39.7. The number of likely N-dealkylation sites (tertiary alicyclic amines) is 1. The normalized spacial score (nSPS) is 20.6. The molecule has 0 saturated carbocycles. The lowest BCUT2D eigenvalue weighted by Gasteiger charge is -2.22. The van der Waals surface area contributed by atoms with Crippen LogP contribution in [0.5, 0.6) is 11.5 Å². The standard InChI is InChI=1S/C17H25NO6S/c1-5-23-16-9-13(7-8-15(16)22-4)14-10-17(18(11-14)12(3)19)24-25(20,21)6-2/h7-9,14,17H,5-6,10-11H2,1-4H3/t14-,17-/m1/s1. The lowest BCUT2D eigenvalue weighted by atomic mass is 9.97. The number of hydrogen-bond donors (Lipinski definition) is 0. The number of carbonyl (C=O) groups excluding carboxylic acids is 1. The predicted octanol–water partition coefficient (Wildman–Crippen LogP) is 2.12. The number of carbonyl (C=O) groups is 1. The number of benzene rings is 1. The van der Waals surface area contributed by atoms with Crippen molar-refractivity contribution in [1.29, 1.82) is 0 Å². The summed E-state index contributed by atoms with van der Waals surface area (Å²) in [6.07, 6.45) is -0.360. The van der Waals surface area contributed by atoms with Gasteiger partial charge in [-0.15, -0.1) is 0 Å². The number of hydrogen-bond acceptors (Lipinski definition) is 6. The Bertz CT molecular complexity index is 718. The molecule has 2 rings (SSSR count). The Morgan fingerprint density at radius 1 is 1.28 bits per heavy atom. The highest BCUT2D eigenvalue weighted by atomic mass is 32.2. The molecular weight excluding hydrogens is 346 g/mol. The van der Waals surface area contributed by atoms with Crippen molar-refractivity contribution >= 4 is 16.0 Å². The van der Waals surface area contributed by atoms with Crippen LogP contribution in [0.2, 0.25) is 0 Å². The molecule has 140 valence electrons. The zero-order chi connectivity index (χ0) is 18.6. The highest BCUT2D eigenvalue weighted by Crippen LogP contribution is 2.37. The van der Waals surface area contributed by atoms with E-state index in [1.54, 1.807) is 7.11 Å². The second-order valence-electron chi connectivity index (χ2n) is 5.84. The highest BCUT2D eigenvalue weighted by Gasteiger charge is 2.38. The van der Waals surface area contributed by atoms with Gasteiger partial charge < -0.3 is 14.4 Å². The lowest BCUT2D eigenvalue weighted by Crippen LogP contribution is -2.37. The van der Waals surface area contributed by atoms with Crippen LogP contribution in [0, 0.1) is 0 Å². The number of rotatable bonds is 7. The van der Waals surface area contributed by atoms with Gasteiger partial charge in [0.25, 0.3) is 10.1 Å². The van der Waals surface area contributed by atoms with Crippen LogP contribution in [0.15, 0.2) is 18.2 Å². The third kappa shape index (κ3) is 4.64. The molecule has 25 heavy (non-hydrogen) atoms. The summed E-state index contributed by atoms with van der Waals surface area (Å²) in [5.41, 5.74) is 0.954. The zero-order valence-corrected chi connectivity index (χ0v) is 15.8. The van der Waals surface area contributed by atoms with E-state index in [9.17, 15) is 13.2 Å². The Hall–Kier alpha value is -1.80. The Balaban J connectivity index is 2.26. The average molecular weight is 371 g/mol. The maximum absolute atomic E-state index is 11.9. The van der Waals surface area contributed by atoms with Crippen molar-refractivity contribution in [3.8, 4) is 11.5 Å². The quantitative estimate of drug-likeness (QED) is 0.683. The summed E-state index contributed by atoms with van der Waals surface area (Å²) in [4.78, 5) is 13.3. The molecule has 1 aliphatic heterocycles. The van der Waals surface area contributed by atoms with E-state index in [2.05, 4.69) is 0 Å². The largest absolute Gasteiger partial charge is 0.493 e. The molecule has 1 fully saturated rings. The van der Waals surface area contributed by atoms with Crippen molar-refractivity contribution in [3.05, 3.63) is 23.8 Å². The van der Waals surface area contributed by atoms with Gasteiger partial charge in [-0.1, -0.05) is 6.07 Å². The van der Waals surface area contributed by atoms with Crippen LogP contribution in [-0.2, 0) is 19.1 Å². The molecule has 0 spiro atoms. The molecule has 1 saturated heterocycles. The Morgan fingerprint density at radius 3 is 2.56 bits per heavy atom. The van der Waals surface area contributed by atoms with Gasteiger partial charge in [-0.25, -0.2) is 4.18 Å². The van der Waals surface area contributed by atoms with Crippen molar-refractivity contribution in [1.82, 2.24) is 4.90 Å². The molecule has 0 aromatic heterocycles. The first kappa shape index (κ1) is 19.5. The van der Waals surface area contributed by atoms with Gasteiger partial charge in [0, 0.05) is 25.8 Å². The summed E-state index contributed by atoms with van der Waals surface area (Å²) in [6, 6.07) is 5.60. The fraction of sp³-hybridized carbons (Fsp3) is 0.588. The van der Waals surface area contributed by atoms with E-state index >= 15 is 0 Å². The van der Waals surface area contributed by atoms with Crippen molar-refractivity contribution in [2.75, 3.05) is 26.0 Å². The third-order valence-corrected chi connectivity index (χ3v) is 5.45. The topological polar surface area (TPSA) is 82.1 Å². The van der Waals surface area contributed by atoms with E-state index < -0.39 is 16.3 Å². The van der Waals surface area contributed by atoms with Crippen LogP contribution < -0.4 is 9.47 Å². The second-order valence-corrected chi connectivity index (χ2v) is 7.73. The molecule has 1 aromatic carbocycles. The van der Waals surface area contributed by atoms with Crippen molar-refractivity contribution in [3.63, 3.8) is 0 Å². The van der Waals surface area contributed by atoms with Crippen LogP contribution in [0.3, 0.4) is 0 Å². The smallest absolute Gasteiger partial charge is 0.269 e. The maximum atomic E-state index is 11.9. The highest BCUT2D eigenvalue weighted by molar-refractivity contribution is 7.86. The van der Waals surface area contributed by atoms with Gasteiger partial charge in [0.05, 0.1) is 19.5 Å². The minimum atomic E-state index is -3.64. The van der Waals surface area contributed by atoms with E-state index in [-0.39, 0.29) is 17.6 Å². The van der Waals surface area contributed by atoms with Crippen LogP contribution in [0.1, 0.15) is 38.7 Å². The van der Waals surface area contributed by atoms with E-state index in [0.717, 1.165) is 5.56 Å². The molecule has 1 heterocycles. The SMILES string of the molecule is CCOc1cc([C@@H]2C[C@@H](OS(=O)(=O)CC)N(C(C)=O)C2)ccc1OC. The van der Waals surface area contributed by atoms with Crippen molar-refractivity contribution < 1.29 is 26.9 Å². The van der Waals surface area contributed by atoms with Crippen LogP contribution in [0.25, 0.3) is 0 Å². The summed E-state index contributed by atoms with van der Waals surface area (Å²) >= 11 is 0. The third-order valence-electron chi connectivity index (χ3n) is 4.23. The summed E-state index contributed by atoms with van der Waals surface area (Å²) in [7, 11) is -2.07. The fourth-order valence-corrected chi connectivity index (χ4v) is 3.57. The summed E-state index contributed by atoms with van der Waals surface area (Å²) in [6.45, 7) is 5.72. The molecule has 0 unspecified atom stereocenters. The van der Waals surface area contributed by atoms with Gasteiger partial charge in [0.2, 0.25) is 5.91 Å². The van der Waals surface area contributed by atoms with Gasteiger partial charge in [0.1, 0.15) is 0 Å². The van der Waals surface area contributed by atoms with Crippen LogP contribution >= 0.6 is 0 Å². The average Bonchev–Trinajstić information content (AvgIpc) is 2.98. The molecule has 0 bridgehead atoms. The van der Waals surface area contributed by atoms with E-state index in [1.165, 1.54) is 18.7 Å². The van der Waals surface area contributed by atoms with Gasteiger partial charge >= 0.3 is 0 Å².